The van der Waals surface area contributed by atoms with Crippen LogP contribution in [-0.4, -0.2) is 12.2 Å². The molecule has 13 heavy (non-hydrogen) atoms. The van der Waals surface area contributed by atoms with E-state index in [2.05, 4.69) is 0 Å². The monoisotopic (exact) mass is 203 g/mol. The van der Waals surface area contributed by atoms with Crippen molar-refractivity contribution in [2.45, 2.75) is 13.2 Å². The minimum Gasteiger partial charge on any atom is -0.497 e. The number of ether oxygens (including phenoxy) is 1. The fraction of sp³-hybridized carbons (Fsp3) is 0.333. The van der Waals surface area contributed by atoms with E-state index >= 15 is 0 Å². The first kappa shape index (κ1) is 12.2. The van der Waals surface area contributed by atoms with E-state index in [1.54, 1.807) is 13.2 Å². The molecule has 0 radical (unpaired) electrons. The maximum absolute atomic E-state index is 8.96. The molecule has 0 saturated heterocycles. The SMILES string of the molecule is COc1ccc(CN)c(CO)c1.Cl. The first-order valence-corrected chi connectivity index (χ1v) is 3.78. The molecule has 0 aliphatic rings. The van der Waals surface area contributed by atoms with Gasteiger partial charge in [-0.2, -0.15) is 0 Å². The first-order valence-electron chi connectivity index (χ1n) is 3.78. The molecule has 3 N–H and O–H groups in total. The van der Waals surface area contributed by atoms with Gasteiger partial charge < -0.3 is 15.6 Å². The van der Waals surface area contributed by atoms with E-state index in [1.165, 1.54) is 0 Å². The first-order chi connectivity index (χ1) is 5.81. The number of rotatable bonds is 3. The van der Waals surface area contributed by atoms with E-state index in [-0.39, 0.29) is 19.0 Å². The summed E-state index contributed by atoms with van der Waals surface area (Å²) in [6.07, 6.45) is 0. The van der Waals surface area contributed by atoms with Gasteiger partial charge in [0.25, 0.3) is 0 Å². The van der Waals surface area contributed by atoms with Gasteiger partial charge in [-0.3, -0.25) is 0 Å². The summed E-state index contributed by atoms with van der Waals surface area (Å²) < 4.78 is 5.00. The summed E-state index contributed by atoms with van der Waals surface area (Å²) in [4.78, 5) is 0. The van der Waals surface area contributed by atoms with Gasteiger partial charge in [0.15, 0.2) is 0 Å². The third-order valence-corrected chi connectivity index (χ3v) is 1.80. The number of benzene rings is 1. The number of hydrogen-bond donors (Lipinski definition) is 2. The maximum atomic E-state index is 8.96. The van der Waals surface area contributed by atoms with Crippen LogP contribution in [-0.2, 0) is 13.2 Å². The normalized spacial score (nSPS) is 9.15. The van der Waals surface area contributed by atoms with Crippen molar-refractivity contribution in [2.75, 3.05) is 7.11 Å². The molecular formula is C9H14ClNO2. The zero-order valence-electron chi connectivity index (χ0n) is 7.49. The fourth-order valence-electron chi connectivity index (χ4n) is 1.08. The Morgan fingerprint density at radius 3 is 2.54 bits per heavy atom. The average molecular weight is 204 g/mol. The summed E-state index contributed by atoms with van der Waals surface area (Å²) in [6, 6.07) is 5.49. The third kappa shape index (κ3) is 2.88. The summed E-state index contributed by atoms with van der Waals surface area (Å²) in [7, 11) is 1.60. The lowest BCUT2D eigenvalue weighted by Gasteiger charge is -2.06. The van der Waals surface area contributed by atoms with Gasteiger partial charge in [-0.25, -0.2) is 0 Å². The number of aliphatic hydroxyl groups is 1. The molecule has 0 saturated carbocycles. The van der Waals surface area contributed by atoms with Gasteiger partial charge in [-0.1, -0.05) is 6.07 Å². The van der Waals surface area contributed by atoms with E-state index in [0.717, 1.165) is 16.9 Å². The van der Waals surface area contributed by atoms with Crippen molar-refractivity contribution in [3.05, 3.63) is 29.3 Å². The Bertz CT molecular complexity index is 266. The average Bonchev–Trinajstić information content (AvgIpc) is 2.16. The predicted molar refractivity (Wildman–Crippen MR) is 54.1 cm³/mol. The van der Waals surface area contributed by atoms with Gasteiger partial charge in [-0.15, -0.1) is 12.4 Å². The number of methoxy groups -OCH3 is 1. The summed E-state index contributed by atoms with van der Waals surface area (Å²) in [5.74, 6) is 0.747. The summed E-state index contributed by atoms with van der Waals surface area (Å²) in [5, 5.41) is 8.96. The Hall–Kier alpha value is -0.770. The summed E-state index contributed by atoms with van der Waals surface area (Å²) in [6.45, 7) is 0.448. The zero-order valence-corrected chi connectivity index (χ0v) is 8.30. The van der Waals surface area contributed by atoms with Crippen molar-refractivity contribution in [1.82, 2.24) is 0 Å². The molecule has 0 spiro atoms. The van der Waals surface area contributed by atoms with Crippen molar-refractivity contribution in [2.24, 2.45) is 5.73 Å². The second-order valence-corrected chi connectivity index (χ2v) is 2.50. The minimum atomic E-state index is 0. The lowest BCUT2D eigenvalue weighted by Crippen LogP contribution is -2.01. The molecule has 3 nitrogen and oxygen atoms in total. The second kappa shape index (κ2) is 5.80. The van der Waals surface area contributed by atoms with Crippen LogP contribution < -0.4 is 10.5 Å². The Morgan fingerprint density at radius 2 is 2.08 bits per heavy atom. The van der Waals surface area contributed by atoms with E-state index in [9.17, 15) is 0 Å². The highest BCUT2D eigenvalue weighted by Crippen LogP contribution is 2.17. The maximum Gasteiger partial charge on any atom is 0.119 e. The number of halogens is 1. The van der Waals surface area contributed by atoms with Gasteiger partial charge in [0, 0.05) is 6.54 Å². The lowest BCUT2D eigenvalue weighted by molar-refractivity contribution is 0.279. The van der Waals surface area contributed by atoms with Gasteiger partial charge in [0.1, 0.15) is 5.75 Å². The molecule has 0 unspecified atom stereocenters. The molecule has 1 aromatic rings. The number of aliphatic hydroxyl groups excluding tert-OH is 1. The highest BCUT2D eigenvalue weighted by molar-refractivity contribution is 5.85. The molecule has 0 bridgehead atoms. The molecule has 1 rings (SSSR count). The molecule has 0 aliphatic heterocycles. The highest BCUT2D eigenvalue weighted by atomic mass is 35.5. The van der Waals surface area contributed by atoms with Gasteiger partial charge in [-0.05, 0) is 23.3 Å². The predicted octanol–water partition coefficient (Wildman–Crippen LogP) is 1.07. The standard InChI is InChI=1S/C9H13NO2.ClH/c1-12-9-3-2-7(5-10)8(4-9)6-11;/h2-4,11H,5-6,10H2,1H3;1H. The van der Waals surface area contributed by atoms with Crippen LogP contribution in [0, 0.1) is 0 Å². The van der Waals surface area contributed by atoms with Crippen LogP contribution in [0.4, 0.5) is 0 Å². The van der Waals surface area contributed by atoms with Crippen molar-refractivity contribution in [1.29, 1.82) is 0 Å². The Morgan fingerprint density at radius 1 is 1.38 bits per heavy atom. The van der Waals surface area contributed by atoms with Gasteiger partial charge in [0.2, 0.25) is 0 Å². The van der Waals surface area contributed by atoms with Crippen LogP contribution in [0.25, 0.3) is 0 Å². The van der Waals surface area contributed by atoms with Crippen LogP contribution in [0.1, 0.15) is 11.1 Å². The van der Waals surface area contributed by atoms with E-state index in [4.69, 9.17) is 15.6 Å². The van der Waals surface area contributed by atoms with E-state index < -0.39 is 0 Å². The van der Waals surface area contributed by atoms with Crippen molar-refractivity contribution in [3.8, 4) is 5.75 Å². The third-order valence-electron chi connectivity index (χ3n) is 1.80. The largest absolute Gasteiger partial charge is 0.497 e. The smallest absolute Gasteiger partial charge is 0.119 e. The van der Waals surface area contributed by atoms with Gasteiger partial charge >= 0.3 is 0 Å². The number of hydrogen-bond acceptors (Lipinski definition) is 3. The fourth-order valence-corrected chi connectivity index (χ4v) is 1.08. The molecule has 4 heteroatoms. The van der Waals surface area contributed by atoms with Crippen LogP contribution in [0.15, 0.2) is 18.2 Å². The van der Waals surface area contributed by atoms with Crippen LogP contribution in [0.5, 0.6) is 5.75 Å². The Balaban J connectivity index is 0.00000144. The molecule has 74 valence electrons. The summed E-state index contributed by atoms with van der Waals surface area (Å²) in [5.41, 5.74) is 7.25. The number of nitrogens with two attached hydrogens (primary N) is 1. The highest BCUT2D eigenvalue weighted by Gasteiger charge is 2.00. The van der Waals surface area contributed by atoms with Crippen LogP contribution in [0.2, 0.25) is 0 Å². The zero-order chi connectivity index (χ0) is 8.97. The second-order valence-electron chi connectivity index (χ2n) is 2.50. The molecule has 0 atom stereocenters. The van der Waals surface area contributed by atoms with Crippen LogP contribution in [0.3, 0.4) is 0 Å². The topological polar surface area (TPSA) is 55.5 Å². The quantitative estimate of drug-likeness (QED) is 0.773. The molecule has 0 amide bonds. The molecule has 1 aromatic carbocycles. The van der Waals surface area contributed by atoms with Gasteiger partial charge in [0.05, 0.1) is 13.7 Å². The summed E-state index contributed by atoms with van der Waals surface area (Å²) >= 11 is 0. The molecule has 0 heterocycles. The van der Waals surface area contributed by atoms with E-state index in [0.29, 0.717) is 6.54 Å². The lowest BCUT2D eigenvalue weighted by atomic mass is 10.1. The molecular weight excluding hydrogens is 190 g/mol. The Kier molecular flexibility index (Phi) is 5.46. The molecule has 0 aromatic heterocycles. The Labute approximate surface area is 83.9 Å². The van der Waals surface area contributed by atoms with Crippen molar-refractivity contribution < 1.29 is 9.84 Å². The van der Waals surface area contributed by atoms with Crippen molar-refractivity contribution in [3.63, 3.8) is 0 Å². The molecule has 0 fully saturated rings. The van der Waals surface area contributed by atoms with Crippen LogP contribution >= 0.6 is 12.4 Å². The minimum absolute atomic E-state index is 0. The molecule has 0 aliphatic carbocycles. The van der Waals surface area contributed by atoms with Crippen molar-refractivity contribution >= 4 is 12.4 Å². The van der Waals surface area contributed by atoms with E-state index in [1.807, 2.05) is 12.1 Å².